The highest BCUT2D eigenvalue weighted by atomic mass is 16.6. The summed E-state index contributed by atoms with van der Waals surface area (Å²) in [4.78, 5) is 16.3. The second kappa shape index (κ2) is 6.04. The number of fused-ring (bicyclic) bond motifs is 1. The summed E-state index contributed by atoms with van der Waals surface area (Å²) in [5, 5.41) is 9.72. The number of ether oxygens (including phenoxy) is 2. The van der Waals surface area contributed by atoms with Gasteiger partial charge < -0.3 is 14.8 Å². The molecule has 1 aliphatic rings. The van der Waals surface area contributed by atoms with Gasteiger partial charge in [0, 0.05) is 29.7 Å². The SMILES string of the molecule is O=C(Nc1ccc2c(c1)OCCO2)c1cc(-c2ccncc2)n[nH]1. The smallest absolute Gasteiger partial charge is 0.273 e. The molecule has 120 valence electrons. The number of hydrogen-bond donors (Lipinski definition) is 2. The largest absolute Gasteiger partial charge is 0.486 e. The van der Waals surface area contributed by atoms with Crippen LogP contribution in [0.1, 0.15) is 10.5 Å². The molecular formula is C17H14N4O3. The van der Waals surface area contributed by atoms with Crippen molar-refractivity contribution in [1.29, 1.82) is 0 Å². The van der Waals surface area contributed by atoms with E-state index in [1.165, 1.54) is 0 Å². The van der Waals surface area contributed by atoms with Crippen LogP contribution in [0.3, 0.4) is 0 Å². The van der Waals surface area contributed by atoms with Crippen molar-refractivity contribution in [3.8, 4) is 22.8 Å². The summed E-state index contributed by atoms with van der Waals surface area (Å²) in [6.07, 6.45) is 3.36. The molecule has 2 aromatic heterocycles. The second-order valence-corrected chi connectivity index (χ2v) is 5.22. The number of hydrogen-bond acceptors (Lipinski definition) is 5. The second-order valence-electron chi connectivity index (χ2n) is 5.22. The lowest BCUT2D eigenvalue weighted by Gasteiger charge is -2.18. The fourth-order valence-electron chi connectivity index (χ4n) is 2.43. The molecule has 0 atom stereocenters. The normalized spacial score (nSPS) is 12.7. The van der Waals surface area contributed by atoms with Crippen LogP contribution in [0.25, 0.3) is 11.3 Å². The number of carbonyl (C=O) groups is 1. The van der Waals surface area contributed by atoms with E-state index in [-0.39, 0.29) is 5.91 Å². The molecule has 24 heavy (non-hydrogen) atoms. The molecule has 2 N–H and O–H groups in total. The van der Waals surface area contributed by atoms with E-state index in [9.17, 15) is 4.79 Å². The highest BCUT2D eigenvalue weighted by Crippen LogP contribution is 2.32. The highest BCUT2D eigenvalue weighted by Gasteiger charge is 2.15. The van der Waals surface area contributed by atoms with E-state index in [1.807, 2.05) is 12.1 Å². The Hall–Kier alpha value is -3.35. The number of carbonyl (C=O) groups excluding carboxylic acids is 1. The zero-order valence-corrected chi connectivity index (χ0v) is 12.7. The van der Waals surface area contributed by atoms with Crippen LogP contribution in [0.4, 0.5) is 5.69 Å². The van der Waals surface area contributed by atoms with Crippen LogP contribution in [0, 0.1) is 0 Å². The predicted octanol–water partition coefficient (Wildman–Crippen LogP) is 2.50. The number of nitrogens with one attached hydrogen (secondary N) is 2. The number of amides is 1. The Morgan fingerprint density at radius 2 is 1.83 bits per heavy atom. The topological polar surface area (TPSA) is 89.1 Å². The van der Waals surface area contributed by atoms with Gasteiger partial charge in [-0.15, -0.1) is 0 Å². The molecular weight excluding hydrogens is 308 g/mol. The lowest BCUT2D eigenvalue weighted by Crippen LogP contribution is -2.16. The maximum atomic E-state index is 12.4. The quantitative estimate of drug-likeness (QED) is 0.773. The average molecular weight is 322 g/mol. The Morgan fingerprint density at radius 3 is 2.67 bits per heavy atom. The summed E-state index contributed by atoms with van der Waals surface area (Å²) in [6.45, 7) is 1.03. The zero-order valence-electron chi connectivity index (χ0n) is 12.7. The Labute approximate surface area is 137 Å². The van der Waals surface area contributed by atoms with Gasteiger partial charge in [-0.05, 0) is 30.3 Å². The van der Waals surface area contributed by atoms with E-state index in [4.69, 9.17) is 9.47 Å². The molecule has 7 heteroatoms. The van der Waals surface area contributed by atoms with Gasteiger partial charge in [-0.25, -0.2) is 0 Å². The van der Waals surface area contributed by atoms with E-state index in [0.29, 0.717) is 41.8 Å². The number of rotatable bonds is 3. The van der Waals surface area contributed by atoms with E-state index in [2.05, 4.69) is 20.5 Å². The molecule has 0 radical (unpaired) electrons. The Balaban J connectivity index is 1.51. The molecule has 0 spiro atoms. The van der Waals surface area contributed by atoms with Crippen LogP contribution in [0.5, 0.6) is 11.5 Å². The van der Waals surface area contributed by atoms with Crippen molar-refractivity contribution in [2.24, 2.45) is 0 Å². The van der Waals surface area contributed by atoms with Crippen LogP contribution in [-0.2, 0) is 0 Å². The standard InChI is InChI=1S/C17H14N4O3/c22-17(14-10-13(20-21-14)11-3-5-18-6-4-11)19-12-1-2-15-16(9-12)24-8-7-23-15/h1-6,9-10H,7-8H2,(H,19,22)(H,20,21). The Morgan fingerprint density at radius 1 is 1.04 bits per heavy atom. The van der Waals surface area contributed by atoms with Gasteiger partial charge in [-0.3, -0.25) is 14.9 Å². The molecule has 1 aromatic carbocycles. The van der Waals surface area contributed by atoms with Crippen molar-refractivity contribution in [1.82, 2.24) is 15.2 Å². The molecule has 0 saturated heterocycles. The third-order valence-electron chi connectivity index (χ3n) is 3.60. The molecule has 3 aromatic rings. The van der Waals surface area contributed by atoms with Gasteiger partial charge in [-0.2, -0.15) is 5.10 Å². The monoisotopic (exact) mass is 322 g/mol. The van der Waals surface area contributed by atoms with Gasteiger partial charge in [0.15, 0.2) is 11.5 Å². The molecule has 0 bridgehead atoms. The first kappa shape index (κ1) is 14.3. The van der Waals surface area contributed by atoms with Crippen molar-refractivity contribution < 1.29 is 14.3 Å². The first-order valence-electron chi connectivity index (χ1n) is 7.46. The number of nitrogens with zero attached hydrogens (tertiary/aromatic N) is 2. The van der Waals surface area contributed by atoms with Crippen LogP contribution < -0.4 is 14.8 Å². The summed E-state index contributed by atoms with van der Waals surface area (Å²) in [5.41, 5.74) is 2.57. The minimum absolute atomic E-state index is 0.278. The molecule has 0 aliphatic carbocycles. The highest BCUT2D eigenvalue weighted by molar-refractivity contribution is 6.03. The van der Waals surface area contributed by atoms with Crippen molar-refractivity contribution in [3.05, 3.63) is 54.5 Å². The first-order chi connectivity index (χ1) is 11.8. The summed E-state index contributed by atoms with van der Waals surface area (Å²) < 4.78 is 11.0. The van der Waals surface area contributed by atoms with Crippen molar-refractivity contribution in [2.45, 2.75) is 0 Å². The average Bonchev–Trinajstić information content (AvgIpc) is 3.13. The van der Waals surface area contributed by atoms with Gasteiger partial charge in [0.25, 0.3) is 5.91 Å². The number of H-pyrrole nitrogens is 1. The fraction of sp³-hybridized carbons (Fsp3) is 0.118. The maximum absolute atomic E-state index is 12.4. The summed E-state index contributed by atoms with van der Waals surface area (Å²) in [6, 6.07) is 10.7. The van der Waals surface area contributed by atoms with Gasteiger partial charge >= 0.3 is 0 Å². The molecule has 0 saturated carbocycles. The lowest BCUT2D eigenvalue weighted by atomic mass is 10.2. The molecule has 4 rings (SSSR count). The Bertz CT molecular complexity index is 877. The summed E-state index contributed by atoms with van der Waals surface area (Å²) >= 11 is 0. The third-order valence-corrected chi connectivity index (χ3v) is 3.60. The third kappa shape index (κ3) is 2.79. The maximum Gasteiger partial charge on any atom is 0.273 e. The van der Waals surface area contributed by atoms with E-state index in [0.717, 1.165) is 5.56 Å². The molecule has 7 nitrogen and oxygen atoms in total. The molecule has 0 fully saturated rings. The van der Waals surface area contributed by atoms with Gasteiger partial charge in [-0.1, -0.05) is 0 Å². The number of anilines is 1. The fourth-order valence-corrected chi connectivity index (χ4v) is 2.43. The van der Waals surface area contributed by atoms with Crippen molar-refractivity contribution >= 4 is 11.6 Å². The summed E-state index contributed by atoms with van der Waals surface area (Å²) in [7, 11) is 0. The van der Waals surface area contributed by atoms with Crippen LogP contribution >= 0.6 is 0 Å². The van der Waals surface area contributed by atoms with Crippen molar-refractivity contribution in [3.63, 3.8) is 0 Å². The van der Waals surface area contributed by atoms with Crippen LogP contribution in [0.2, 0.25) is 0 Å². The van der Waals surface area contributed by atoms with Crippen molar-refractivity contribution in [2.75, 3.05) is 18.5 Å². The number of pyridine rings is 1. The Kier molecular flexibility index (Phi) is 3.59. The summed E-state index contributed by atoms with van der Waals surface area (Å²) in [5.74, 6) is 1.03. The van der Waals surface area contributed by atoms with Crippen LogP contribution in [-0.4, -0.2) is 34.3 Å². The molecule has 0 unspecified atom stereocenters. The number of benzene rings is 1. The van der Waals surface area contributed by atoms with E-state index in [1.54, 1.807) is 36.7 Å². The molecule has 1 aliphatic heterocycles. The van der Waals surface area contributed by atoms with E-state index >= 15 is 0 Å². The van der Waals surface area contributed by atoms with Gasteiger partial charge in [0.1, 0.15) is 18.9 Å². The van der Waals surface area contributed by atoms with Gasteiger partial charge in [0.2, 0.25) is 0 Å². The predicted molar refractivity (Wildman–Crippen MR) is 87.2 cm³/mol. The van der Waals surface area contributed by atoms with E-state index < -0.39 is 0 Å². The van der Waals surface area contributed by atoms with Gasteiger partial charge in [0.05, 0.1) is 5.69 Å². The minimum atomic E-state index is -0.278. The van der Waals surface area contributed by atoms with Crippen LogP contribution in [0.15, 0.2) is 48.8 Å². The zero-order chi connectivity index (χ0) is 16.4. The minimum Gasteiger partial charge on any atom is -0.486 e. The number of aromatic nitrogens is 3. The molecule has 1 amide bonds. The molecule has 3 heterocycles. The first-order valence-corrected chi connectivity index (χ1v) is 7.46. The lowest BCUT2D eigenvalue weighted by molar-refractivity contribution is 0.102. The number of aromatic amines is 1.